The lowest BCUT2D eigenvalue weighted by atomic mass is 10.1. The molecule has 15 heavy (non-hydrogen) atoms. The molecule has 2 rings (SSSR count). The van der Waals surface area contributed by atoms with Crippen LogP contribution in [-0.2, 0) is 0 Å². The highest BCUT2D eigenvalue weighted by atomic mass is 79.9. The van der Waals surface area contributed by atoms with Gasteiger partial charge in [-0.05, 0) is 53.0 Å². The first-order valence-corrected chi connectivity index (χ1v) is 7.22. The minimum absolute atomic E-state index is 0.310. The van der Waals surface area contributed by atoms with E-state index >= 15 is 0 Å². The van der Waals surface area contributed by atoms with Crippen molar-refractivity contribution in [1.29, 1.82) is 0 Å². The molecule has 80 valence electrons. The van der Waals surface area contributed by atoms with E-state index < -0.39 is 0 Å². The lowest BCUT2D eigenvalue weighted by Gasteiger charge is -2.13. The van der Waals surface area contributed by atoms with Crippen LogP contribution in [0, 0.1) is 6.92 Å². The zero-order valence-corrected chi connectivity index (χ0v) is 11.8. The van der Waals surface area contributed by atoms with Crippen molar-refractivity contribution in [2.45, 2.75) is 13.0 Å². The summed E-state index contributed by atoms with van der Waals surface area (Å²) in [6, 6.07) is 4.68. The fourth-order valence-electron chi connectivity index (χ4n) is 1.56. The quantitative estimate of drug-likeness (QED) is 0.896. The summed E-state index contributed by atoms with van der Waals surface area (Å²) in [5, 5.41) is 7.68. The number of hydrogen-bond donors (Lipinski definition) is 1. The second-order valence-electron chi connectivity index (χ2n) is 3.35. The Bertz CT molecular complexity index is 447. The summed E-state index contributed by atoms with van der Waals surface area (Å²) in [5.74, 6) is 0. The third-order valence-electron chi connectivity index (χ3n) is 2.29. The molecule has 0 aliphatic heterocycles. The highest BCUT2D eigenvalue weighted by Gasteiger charge is 2.16. The van der Waals surface area contributed by atoms with E-state index in [2.05, 4.69) is 51.1 Å². The second-order valence-corrected chi connectivity index (χ2v) is 6.26. The molecule has 0 amide bonds. The van der Waals surface area contributed by atoms with E-state index in [-0.39, 0.29) is 0 Å². The predicted octanol–water partition coefficient (Wildman–Crippen LogP) is 4.19. The number of hydrogen-bond acceptors (Lipinski definition) is 3. The minimum atomic E-state index is 0.310. The molecule has 0 radical (unpaired) electrons. The maximum Gasteiger partial charge on any atom is 0.0687 e. The molecule has 4 heteroatoms. The Morgan fingerprint density at radius 3 is 2.60 bits per heavy atom. The Hall–Kier alpha value is -0.160. The summed E-state index contributed by atoms with van der Waals surface area (Å²) in [6.45, 7) is 2.14. The van der Waals surface area contributed by atoms with Crippen LogP contribution in [0.2, 0.25) is 0 Å². The van der Waals surface area contributed by atoms with E-state index in [9.17, 15) is 0 Å². The van der Waals surface area contributed by atoms with Gasteiger partial charge in [0.1, 0.15) is 0 Å². The molecule has 2 aromatic heterocycles. The minimum Gasteiger partial charge on any atom is -0.309 e. The molecule has 1 unspecified atom stereocenters. The van der Waals surface area contributed by atoms with Crippen LogP contribution in [0.25, 0.3) is 0 Å². The van der Waals surface area contributed by atoms with E-state index in [0.717, 1.165) is 0 Å². The molecule has 2 aromatic rings. The maximum atomic E-state index is 3.59. The van der Waals surface area contributed by atoms with Crippen molar-refractivity contribution < 1.29 is 0 Å². The first kappa shape index (κ1) is 11.3. The molecule has 1 nitrogen and oxygen atoms in total. The van der Waals surface area contributed by atoms with Crippen molar-refractivity contribution in [3.8, 4) is 0 Å². The van der Waals surface area contributed by atoms with Crippen LogP contribution in [-0.4, -0.2) is 7.05 Å². The standard InChI is InChI=1S/C11H12BrNS2/c1-7-3-4-10(15-7)11(13-2)8-5-14-6-9(8)12/h3-6,11,13H,1-2H3. The molecular weight excluding hydrogens is 290 g/mol. The Morgan fingerprint density at radius 1 is 1.33 bits per heavy atom. The summed E-state index contributed by atoms with van der Waals surface area (Å²) >= 11 is 7.16. The average Bonchev–Trinajstić information content (AvgIpc) is 2.79. The predicted molar refractivity (Wildman–Crippen MR) is 72.0 cm³/mol. The highest BCUT2D eigenvalue weighted by Crippen LogP contribution is 2.34. The molecule has 2 heterocycles. The van der Waals surface area contributed by atoms with Gasteiger partial charge in [-0.15, -0.1) is 11.3 Å². The van der Waals surface area contributed by atoms with Crippen LogP contribution in [0.5, 0.6) is 0 Å². The van der Waals surface area contributed by atoms with Gasteiger partial charge in [-0.2, -0.15) is 11.3 Å². The van der Waals surface area contributed by atoms with E-state index in [1.54, 1.807) is 11.3 Å². The first-order valence-electron chi connectivity index (χ1n) is 4.67. The van der Waals surface area contributed by atoms with Gasteiger partial charge in [0, 0.05) is 19.6 Å². The maximum absolute atomic E-state index is 3.59. The molecule has 0 saturated heterocycles. The summed E-state index contributed by atoms with van der Waals surface area (Å²) in [4.78, 5) is 2.73. The number of thiophene rings is 2. The fraction of sp³-hybridized carbons (Fsp3) is 0.273. The van der Waals surface area contributed by atoms with Crippen molar-refractivity contribution >= 4 is 38.6 Å². The van der Waals surface area contributed by atoms with Crippen LogP contribution >= 0.6 is 38.6 Å². The van der Waals surface area contributed by atoms with Gasteiger partial charge in [0.05, 0.1) is 6.04 Å². The molecule has 0 aromatic carbocycles. The van der Waals surface area contributed by atoms with Gasteiger partial charge < -0.3 is 5.32 Å². The summed E-state index contributed by atoms with van der Waals surface area (Å²) in [7, 11) is 2.00. The van der Waals surface area contributed by atoms with Gasteiger partial charge in [-0.25, -0.2) is 0 Å². The van der Waals surface area contributed by atoms with E-state index in [4.69, 9.17) is 0 Å². The van der Waals surface area contributed by atoms with Gasteiger partial charge in [-0.3, -0.25) is 0 Å². The average molecular weight is 302 g/mol. The first-order chi connectivity index (χ1) is 7.22. The van der Waals surface area contributed by atoms with Gasteiger partial charge in [0.15, 0.2) is 0 Å². The van der Waals surface area contributed by atoms with Crippen molar-refractivity contribution in [1.82, 2.24) is 5.32 Å². The molecule has 0 fully saturated rings. The van der Waals surface area contributed by atoms with Crippen LogP contribution in [0.3, 0.4) is 0 Å². The van der Waals surface area contributed by atoms with Crippen LogP contribution < -0.4 is 5.32 Å². The zero-order chi connectivity index (χ0) is 10.8. The zero-order valence-electron chi connectivity index (χ0n) is 8.58. The topological polar surface area (TPSA) is 12.0 Å². The number of halogens is 1. The number of rotatable bonds is 3. The lowest BCUT2D eigenvalue weighted by molar-refractivity contribution is 0.704. The summed E-state index contributed by atoms with van der Waals surface area (Å²) < 4.78 is 1.19. The van der Waals surface area contributed by atoms with Gasteiger partial charge in [-0.1, -0.05) is 0 Å². The van der Waals surface area contributed by atoms with Crippen molar-refractivity contribution in [3.63, 3.8) is 0 Å². The molecule has 0 aliphatic rings. The van der Waals surface area contributed by atoms with E-state index in [1.807, 2.05) is 18.4 Å². The van der Waals surface area contributed by atoms with Crippen LogP contribution in [0.1, 0.15) is 21.4 Å². The molecule has 0 spiro atoms. The van der Waals surface area contributed by atoms with Crippen molar-refractivity contribution in [3.05, 3.63) is 42.7 Å². The van der Waals surface area contributed by atoms with Gasteiger partial charge >= 0.3 is 0 Å². The Morgan fingerprint density at radius 2 is 2.13 bits per heavy atom. The number of aryl methyl sites for hydroxylation is 1. The third-order valence-corrected chi connectivity index (χ3v) is 5.10. The lowest BCUT2D eigenvalue weighted by Crippen LogP contribution is -2.16. The van der Waals surface area contributed by atoms with Gasteiger partial charge in [0.25, 0.3) is 0 Å². The summed E-state index contributed by atoms with van der Waals surface area (Å²) in [6.07, 6.45) is 0. The third kappa shape index (κ3) is 2.33. The Kier molecular flexibility index (Phi) is 3.61. The largest absolute Gasteiger partial charge is 0.309 e. The van der Waals surface area contributed by atoms with Crippen molar-refractivity contribution in [2.75, 3.05) is 7.05 Å². The SMILES string of the molecule is CNC(c1ccc(C)s1)c1cscc1Br. The molecular formula is C11H12BrNS2. The second kappa shape index (κ2) is 4.78. The Labute approximate surface area is 106 Å². The summed E-state index contributed by atoms with van der Waals surface area (Å²) in [5.41, 5.74) is 1.32. The normalized spacial score (nSPS) is 13.0. The fourth-order valence-corrected chi connectivity index (χ4v) is 4.12. The Balaban J connectivity index is 2.36. The molecule has 0 saturated carbocycles. The molecule has 0 aliphatic carbocycles. The number of nitrogens with one attached hydrogen (secondary N) is 1. The monoisotopic (exact) mass is 301 g/mol. The smallest absolute Gasteiger partial charge is 0.0687 e. The van der Waals surface area contributed by atoms with E-state index in [1.165, 1.54) is 19.8 Å². The van der Waals surface area contributed by atoms with Crippen LogP contribution in [0.15, 0.2) is 27.4 Å². The molecule has 1 atom stereocenters. The van der Waals surface area contributed by atoms with Crippen LogP contribution in [0.4, 0.5) is 0 Å². The molecule has 0 bridgehead atoms. The van der Waals surface area contributed by atoms with Crippen molar-refractivity contribution in [2.24, 2.45) is 0 Å². The molecule has 1 N–H and O–H groups in total. The van der Waals surface area contributed by atoms with Gasteiger partial charge in [0.2, 0.25) is 0 Å². The van der Waals surface area contributed by atoms with E-state index in [0.29, 0.717) is 6.04 Å². The highest BCUT2D eigenvalue weighted by molar-refractivity contribution is 9.10.